The van der Waals surface area contributed by atoms with E-state index in [1.165, 1.54) is 6.07 Å². The van der Waals surface area contributed by atoms with Gasteiger partial charge in [-0.1, -0.05) is 46.9 Å². The third kappa shape index (κ3) is 3.08. The summed E-state index contributed by atoms with van der Waals surface area (Å²) in [5, 5.41) is 1.00. The maximum Gasteiger partial charge on any atom is 0.142 e. The molecule has 0 aliphatic rings. The second-order valence-corrected chi connectivity index (χ2v) is 4.80. The smallest absolute Gasteiger partial charge is 0.142 e. The van der Waals surface area contributed by atoms with Crippen LogP contribution in [0.4, 0.5) is 4.39 Å². The maximum absolute atomic E-state index is 13.2. The van der Waals surface area contributed by atoms with Gasteiger partial charge in [0.2, 0.25) is 0 Å². The molecule has 0 aliphatic carbocycles. The van der Waals surface area contributed by atoms with Crippen molar-refractivity contribution in [3.05, 3.63) is 62.8 Å². The van der Waals surface area contributed by atoms with Gasteiger partial charge in [-0.25, -0.2) is 4.39 Å². The fourth-order valence-electron chi connectivity index (χ4n) is 1.40. The molecular formula is C13H8Cl3FO. The van der Waals surface area contributed by atoms with E-state index in [0.717, 1.165) is 0 Å². The van der Waals surface area contributed by atoms with Crippen LogP contribution in [0.3, 0.4) is 0 Å². The van der Waals surface area contributed by atoms with Gasteiger partial charge in [0.1, 0.15) is 18.2 Å². The van der Waals surface area contributed by atoms with Crippen LogP contribution in [0.5, 0.6) is 5.75 Å². The van der Waals surface area contributed by atoms with Crippen LogP contribution in [0.2, 0.25) is 15.1 Å². The molecule has 2 rings (SSSR count). The van der Waals surface area contributed by atoms with E-state index in [2.05, 4.69) is 0 Å². The highest BCUT2D eigenvalue weighted by Gasteiger charge is 2.08. The molecule has 0 radical (unpaired) electrons. The first-order valence-electron chi connectivity index (χ1n) is 5.08. The highest BCUT2D eigenvalue weighted by atomic mass is 35.5. The van der Waals surface area contributed by atoms with Crippen molar-refractivity contribution in [1.82, 2.24) is 0 Å². The number of rotatable bonds is 3. The van der Waals surface area contributed by atoms with Crippen molar-refractivity contribution in [2.24, 2.45) is 0 Å². The van der Waals surface area contributed by atoms with Crippen molar-refractivity contribution in [2.45, 2.75) is 6.61 Å². The van der Waals surface area contributed by atoms with Gasteiger partial charge in [-0.2, -0.15) is 0 Å². The number of benzene rings is 2. The van der Waals surface area contributed by atoms with E-state index in [0.29, 0.717) is 21.4 Å². The first kappa shape index (κ1) is 13.5. The van der Waals surface area contributed by atoms with Gasteiger partial charge in [0.15, 0.2) is 0 Å². The zero-order valence-electron chi connectivity index (χ0n) is 9.09. The van der Waals surface area contributed by atoms with Crippen molar-refractivity contribution >= 4 is 34.8 Å². The second kappa shape index (κ2) is 5.79. The molecular weight excluding hydrogens is 297 g/mol. The molecule has 0 unspecified atom stereocenters. The van der Waals surface area contributed by atoms with Crippen LogP contribution < -0.4 is 4.74 Å². The zero-order valence-corrected chi connectivity index (χ0v) is 11.4. The van der Waals surface area contributed by atoms with Gasteiger partial charge in [-0.3, -0.25) is 0 Å². The van der Waals surface area contributed by atoms with Crippen molar-refractivity contribution in [3.63, 3.8) is 0 Å². The van der Waals surface area contributed by atoms with E-state index in [4.69, 9.17) is 39.5 Å². The molecule has 0 aromatic heterocycles. The van der Waals surface area contributed by atoms with Gasteiger partial charge >= 0.3 is 0 Å². The lowest BCUT2D eigenvalue weighted by Gasteiger charge is -2.09. The number of ether oxygens (including phenoxy) is 1. The third-order valence-electron chi connectivity index (χ3n) is 2.31. The third-order valence-corrected chi connectivity index (χ3v) is 3.28. The Labute approximate surface area is 119 Å². The first-order chi connectivity index (χ1) is 8.58. The number of hydrogen-bond donors (Lipinski definition) is 0. The van der Waals surface area contributed by atoms with Crippen LogP contribution in [0.1, 0.15) is 5.56 Å². The Hall–Kier alpha value is -0.960. The summed E-state index contributed by atoms with van der Waals surface area (Å²) in [4.78, 5) is 0. The molecule has 0 N–H and O–H groups in total. The highest BCUT2D eigenvalue weighted by molar-refractivity contribution is 6.34. The van der Waals surface area contributed by atoms with E-state index >= 15 is 0 Å². The highest BCUT2D eigenvalue weighted by Crippen LogP contribution is 2.29. The average molecular weight is 306 g/mol. The largest absolute Gasteiger partial charge is 0.487 e. The molecule has 0 saturated carbocycles. The fraction of sp³-hybridized carbons (Fsp3) is 0.0769. The molecule has 94 valence electrons. The summed E-state index contributed by atoms with van der Waals surface area (Å²) >= 11 is 17.6. The van der Waals surface area contributed by atoms with E-state index < -0.39 is 5.82 Å². The summed E-state index contributed by atoms with van der Waals surface area (Å²) in [7, 11) is 0. The van der Waals surface area contributed by atoms with Gasteiger partial charge in [0.05, 0.1) is 10.0 Å². The molecule has 0 fully saturated rings. The minimum absolute atomic E-state index is 0.0515. The molecule has 2 aromatic rings. The Morgan fingerprint density at radius 3 is 2.61 bits per heavy atom. The van der Waals surface area contributed by atoms with Crippen molar-refractivity contribution in [1.29, 1.82) is 0 Å². The Balaban J connectivity index is 2.16. The summed E-state index contributed by atoms with van der Waals surface area (Å²) in [6.07, 6.45) is 0. The molecule has 0 atom stereocenters. The van der Waals surface area contributed by atoms with E-state index in [1.54, 1.807) is 30.3 Å². The van der Waals surface area contributed by atoms with Crippen molar-refractivity contribution < 1.29 is 9.13 Å². The van der Waals surface area contributed by atoms with Gasteiger partial charge in [-0.15, -0.1) is 0 Å². The Kier molecular flexibility index (Phi) is 4.33. The van der Waals surface area contributed by atoms with Crippen LogP contribution in [0.15, 0.2) is 36.4 Å². The van der Waals surface area contributed by atoms with Crippen LogP contribution in [0, 0.1) is 5.82 Å². The van der Waals surface area contributed by atoms with Crippen molar-refractivity contribution in [3.8, 4) is 5.75 Å². The molecule has 0 spiro atoms. The fourth-order valence-corrected chi connectivity index (χ4v) is 1.92. The van der Waals surface area contributed by atoms with Gasteiger partial charge < -0.3 is 4.74 Å². The van der Waals surface area contributed by atoms with Crippen LogP contribution >= 0.6 is 34.8 Å². The SMILES string of the molecule is Fc1cccc(COc2cc(Cl)ccc2Cl)c1Cl. The monoisotopic (exact) mass is 304 g/mol. The lowest BCUT2D eigenvalue weighted by atomic mass is 10.2. The topological polar surface area (TPSA) is 9.23 Å². The molecule has 18 heavy (non-hydrogen) atoms. The standard InChI is InChI=1S/C13H8Cl3FO/c14-9-4-5-10(15)12(6-9)18-7-8-2-1-3-11(17)13(8)16/h1-6H,7H2. The molecule has 5 heteroatoms. The lowest BCUT2D eigenvalue weighted by Crippen LogP contribution is -1.98. The first-order valence-corrected chi connectivity index (χ1v) is 6.22. The van der Waals surface area contributed by atoms with Crippen molar-refractivity contribution in [2.75, 3.05) is 0 Å². The predicted molar refractivity (Wildman–Crippen MR) is 72.2 cm³/mol. The summed E-state index contributed by atoms with van der Waals surface area (Å²) in [6.45, 7) is 0.122. The van der Waals surface area contributed by atoms with Gasteiger partial charge in [0, 0.05) is 16.7 Å². The Bertz CT molecular complexity index is 570. The molecule has 0 bridgehead atoms. The maximum atomic E-state index is 13.2. The molecule has 2 aromatic carbocycles. The second-order valence-electron chi connectivity index (χ2n) is 3.58. The summed E-state index contributed by atoms with van der Waals surface area (Å²) in [5.41, 5.74) is 0.549. The molecule has 1 nitrogen and oxygen atoms in total. The molecule has 0 aliphatic heterocycles. The Morgan fingerprint density at radius 1 is 1.06 bits per heavy atom. The van der Waals surface area contributed by atoms with Crippen LogP contribution in [-0.2, 0) is 6.61 Å². The van der Waals surface area contributed by atoms with Crippen LogP contribution in [0.25, 0.3) is 0 Å². The summed E-state index contributed by atoms with van der Waals surface area (Å²) in [5.74, 6) is -0.0422. The van der Waals surface area contributed by atoms with Gasteiger partial charge in [0.25, 0.3) is 0 Å². The van der Waals surface area contributed by atoms with E-state index in [-0.39, 0.29) is 11.6 Å². The Morgan fingerprint density at radius 2 is 1.83 bits per heavy atom. The van der Waals surface area contributed by atoms with Gasteiger partial charge in [-0.05, 0) is 18.2 Å². The number of halogens is 4. The normalized spacial score (nSPS) is 10.4. The minimum Gasteiger partial charge on any atom is -0.487 e. The summed E-state index contributed by atoms with van der Waals surface area (Å²) < 4.78 is 18.7. The lowest BCUT2D eigenvalue weighted by molar-refractivity contribution is 0.306. The van der Waals surface area contributed by atoms with E-state index in [9.17, 15) is 4.39 Å². The molecule has 0 heterocycles. The molecule has 0 amide bonds. The number of hydrogen-bond acceptors (Lipinski definition) is 1. The summed E-state index contributed by atoms with van der Waals surface area (Å²) in [6, 6.07) is 9.43. The minimum atomic E-state index is -0.477. The average Bonchev–Trinajstić information content (AvgIpc) is 2.35. The van der Waals surface area contributed by atoms with E-state index in [1.807, 2.05) is 0 Å². The molecule has 0 saturated heterocycles. The predicted octanol–water partition coefficient (Wildman–Crippen LogP) is 5.36. The quantitative estimate of drug-likeness (QED) is 0.741. The van der Waals surface area contributed by atoms with Crippen LogP contribution in [-0.4, -0.2) is 0 Å². The zero-order chi connectivity index (χ0) is 13.1.